The Kier molecular flexibility index (Phi) is 4.08. The Morgan fingerprint density at radius 1 is 1.35 bits per heavy atom. The minimum Gasteiger partial charge on any atom is -0.384 e. The Bertz CT molecular complexity index is 372. The molecule has 17 heavy (non-hydrogen) atoms. The second kappa shape index (κ2) is 5.38. The van der Waals surface area contributed by atoms with E-state index in [0.29, 0.717) is 17.6 Å². The van der Waals surface area contributed by atoms with E-state index < -0.39 is 5.60 Å². The summed E-state index contributed by atoms with van der Waals surface area (Å²) in [6, 6.07) is 8.06. The van der Waals surface area contributed by atoms with E-state index in [1.54, 1.807) is 0 Å². The second-order valence-corrected chi connectivity index (χ2v) is 5.52. The van der Waals surface area contributed by atoms with Crippen molar-refractivity contribution in [3.63, 3.8) is 0 Å². The molecule has 2 nitrogen and oxygen atoms in total. The number of halogens is 1. The lowest BCUT2D eigenvalue weighted by Gasteiger charge is -2.27. The number of nitrogens with one attached hydrogen (secondary N) is 1. The highest BCUT2D eigenvalue weighted by atomic mass is 35.5. The van der Waals surface area contributed by atoms with Crippen LogP contribution in [0.5, 0.6) is 0 Å². The predicted molar refractivity (Wildman–Crippen MR) is 71.3 cm³/mol. The van der Waals surface area contributed by atoms with Crippen LogP contribution in [-0.4, -0.2) is 17.7 Å². The Morgan fingerprint density at radius 2 is 2.00 bits per heavy atom. The van der Waals surface area contributed by atoms with Crippen molar-refractivity contribution >= 4 is 11.6 Å². The first-order valence-corrected chi connectivity index (χ1v) is 6.68. The van der Waals surface area contributed by atoms with Crippen molar-refractivity contribution < 1.29 is 5.11 Å². The third-order valence-corrected chi connectivity index (χ3v) is 3.87. The number of benzene rings is 1. The van der Waals surface area contributed by atoms with Crippen molar-refractivity contribution in [1.29, 1.82) is 0 Å². The fourth-order valence-corrected chi connectivity index (χ4v) is 2.81. The Labute approximate surface area is 108 Å². The first kappa shape index (κ1) is 12.9. The van der Waals surface area contributed by atoms with Gasteiger partial charge >= 0.3 is 0 Å². The summed E-state index contributed by atoms with van der Waals surface area (Å²) in [7, 11) is 0. The van der Waals surface area contributed by atoms with Gasteiger partial charge in [-0.25, -0.2) is 0 Å². The molecule has 0 bridgehead atoms. The van der Waals surface area contributed by atoms with Gasteiger partial charge < -0.3 is 10.4 Å². The van der Waals surface area contributed by atoms with Gasteiger partial charge in [0.15, 0.2) is 0 Å². The summed E-state index contributed by atoms with van der Waals surface area (Å²) in [5.74, 6) is 0. The average molecular weight is 254 g/mol. The predicted octanol–water partition coefficient (Wildman–Crippen LogP) is 3.08. The van der Waals surface area contributed by atoms with Gasteiger partial charge in [-0.1, -0.05) is 42.6 Å². The standard InChI is InChI=1S/C14H20ClNO/c1-14(17,10-16-11-6-2-3-7-11)12-8-4-5-9-13(12)15/h4-5,8-9,11,16-17H,2-3,6-7,10H2,1H3. The summed E-state index contributed by atoms with van der Waals surface area (Å²) in [6.45, 7) is 2.37. The van der Waals surface area contributed by atoms with Crippen molar-refractivity contribution in [3.05, 3.63) is 34.9 Å². The zero-order valence-corrected chi connectivity index (χ0v) is 11.0. The third-order valence-electron chi connectivity index (χ3n) is 3.54. The molecule has 0 aromatic heterocycles. The van der Waals surface area contributed by atoms with Crippen molar-refractivity contribution in [1.82, 2.24) is 5.32 Å². The van der Waals surface area contributed by atoms with Crippen LogP contribution < -0.4 is 5.32 Å². The molecule has 94 valence electrons. The van der Waals surface area contributed by atoms with E-state index in [1.165, 1.54) is 25.7 Å². The molecule has 1 aliphatic carbocycles. The van der Waals surface area contributed by atoms with Crippen LogP contribution in [0.1, 0.15) is 38.2 Å². The molecule has 0 amide bonds. The van der Waals surface area contributed by atoms with Crippen LogP contribution in [0.15, 0.2) is 24.3 Å². The fraction of sp³-hybridized carbons (Fsp3) is 0.571. The van der Waals surface area contributed by atoms with Crippen LogP contribution >= 0.6 is 11.6 Å². The van der Waals surface area contributed by atoms with Crippen LogP contribution in [0, 0.1) is 0 Å². The highest BCUT2D eigenvalue weighted by Gasteiger charge is 2.27. The maximum atomic E-state index is 10.5. The molecule has 0 aliphatic heterocycles. The molecular weight excluding hydrogens is 234 g/mol. The Balaban J connectivity index is 2.00. The number of rotatable bonds is 4. The SMILES string of the molecule is CC(O)(CNC1CCCC1)c1ccccc1Cl. The molecule has 1 aromatic carbocycles. The molecule has 0 spiro atoms. The van der Waals surface area contributed by atoms with Gasteiger partial charge in [-0.2, -0.15) is 0 Å². The summed E-state index contributed by atoms with van der Waals surface area (Å²) >= 11 is 6.12. The van der Waals surface area contributed by atoms with Gasteiger partial charge in [0.2, 0.25) is 0 Å². The minimum absolute atomic E-state index is 0.557. The second-order valence-electron chi connectivity index (χ2n) is 5.12. The molecule has 0 saturated heterocycles. The minimum atomic E-state index is -0.902. The van der Waals surface area contributed by atoms with Crippen LogP contribution in [0.4, 0.5) is 0 Å². The molecule has 1 unspecified atom stereocenters. The van der Waals surface area contributed by atoms with Gasteiger partial charge in [-0.15, -0.1) is 0 Å². The smallest absolute Gasteiger partial charge is 0.101 e. The van der Waals surface area contributed by atoms with Crippen molar-refractivity contribution in [3.8, 4) is 0 Å². The highest BCUT2D eigenvalue weighted by molar-refractivity contribution is 6.31. The van der Waals surface area contributed by atoms with Crippen molar-refractivity contribution in [2.45, 2.75) is 44.2 Å². The summed E-state index contributed by atoms with van der Waals surface area (Å²) < 4.78 is 0. The van der Waals surface area contributed by atoms with E-state index in [9.17, 15) is 5.11 Å². The van der Waals surface area contributed by atoms with Gasteiger partial charge in [0.05, 0.1) is 0 Å². The summed E-state index contributed by atoms with van der Waals surface area (Å²) in [6.07, 6.45) is 5.04. The number of hydrogen-bond acceptors (Lipinski definition) is 2. The molecule has 2 rings (SSSR count). The Morgan fingerprint density at radius 3 is 2.65 bits per heavy atom. The lowest BCUT2D eigenvalue weighted by Crippen LogP contribution is -2.39. The average Bonchev–Trinajstić information content (AvgIpc) is 2.80. The molecule has 1 aliphatic rings. The Hall–Kier alpha value is -0.570. The molecule has 1 saturated carbocycles. The summed E-state index contributed by atoms with van der Waals surface area (Å²) in [4.78, 5) is 0. The van der Waals surface area contributed by atoms with E-state index in [2.05, 4.69) is 5.32 Å². The van der Waals surface area contributed by atoms with Crippen LogP contribution in [0.2, 0.25) is 5.02 Å². The van der Waals surface area contributed by atoms with Gasteiger partial charge in [0.1, 0.15) is 5.60 Å². The highest BCUT2D eigenvalue weighted by Crippen LogP contribution is 2.28. The fourth-order valence-electron chi connectivity index (χ4n) is 2.47. The number of aliphatic hydroxyl groups is 1. The topological polar surface area (TPSA) is 32.3 Å². The van der Waals surface area contributed by atoms with Gasteiger partial charge in [-0.05, 0) is 25.8 Å². The van der Waals surface area contributed by atoms with Crippen LogP contribution in [0.3, 0.4) is 0 Å². The third kappa shape index (κ3) is 3.21. The normalized spacial score (nSPS) is 20.4. The van der Waals surface area contributed by atoms with Gasteiger partial charge in [0.25, 0.3) is 0 Å². The zero-order valence-electron chi connectivity index (χ0n) is 10.2. The first-order valence-electron chi connectivity index (χ1n) is 6.30. The van der Waals surface area contributed by atoms with E-state index in [1.807, 2.05) is 31.2 Å². The quantitative estimate of drug-likeness (QED) is 0.864. The largest absolute Gasteiger partial charge is 0.384 e. The van der Waals surface area contributed by atoms with Crippen LogP contribution in [0.25, 0.3) is 0 Å². The molecule has 1 atom stereocenters. The number of hydrogen-bond donors (Lipinski definition) is 2. The molecule has 0 heterocycles. The summed E-state index contributed by atoms with van der Waals surface area (Å²) in [5, 5.41) is 14.5. The zero-order chi connectivity index (χ0) is 12.3. The molecule has 1 fully saturated rings. The monoisotopic (exact) mass is 253 g/mol. The van der Waals surface area contributed by atoms with Gasteiger partial charge in [0, 0.05) is 23.2 Å². The van der Waals surface area contributed by atoms with E-state index in [0.717, 1.165) is 5.56 Å². The maximum Gasteiger partial charge on any atom is 0.101 e. The molecule has 2 N–H and O–H groups in total. The lowest BCUT2D eigenvalue weighted by atomic mass is 9.95. The van der Waals surface area contributed by atoms with Crippen molar-refractivity contribution in [2.24, 2.45) is 0 Å². The molecule has 3 heteroatoms. The summed E-state index contributed by atoms with van der Waals surface area (Å²) in [5.41, 5.74) is -0.104. The molecular formula is C14H20ClNO. The van der Waals surface area contributed by atoms with E-state index in [4.69, 9.17) is 11.6 Å². The molecule has 1 aromatic rings. The van der Waals surface area contributed by atoms with E-state index >= 15 is 0 Å². The molecule has 0 radical (unpaired) electrons. The van der Waals surface area contributed by atoms with Crippen LogP contribution in [-0.2, 0) is 5.60 Å². The lowest BCUT2D eigenvalue weighted by molar-refractivity contribution is 0.0541. The van der Waals surface area contributed by atoms with E-state index in [-0.39, 0.29) is 0 Å². The van der Waals surface area contributed by atoms with Gasteiger partial charge in [-0.3, -0.25) is 0 Å². The maximum absolute atomic E-state index is 10.5. The first-order chi connectivity index (χ1) is 8.09. The van der Waals surface area contributed by atoms with Crippen molar-refractivity contribution in [2.75, 3.05) is 6.54 Å².